The largest absolute Gasteiger partial charge is 0.366 e. The van der Waals surface area contributed by atoms with Crippen LogP contribution in [0.3, 0.4) is 0 Å². The van der Waals surface area contributed by atoms with Gasteiger partial charge in [0.05, 0.1) is 0 Å². The summed E-state index contributed by atoms with van der Waals surface area (Å²) < 4.78 is 5.70. The summed E-state index contributed by atoms with van der Waals surface area (Å²) in [7, 11) is 0. The Morgan fingerprint density at radius 1 is 1.23 bits per heavy atom. The van der Waals surface area contributed by atoms with E-state index in [9.17, 15) is 9.59 Å². The summed E-state index contributed by atoms with van der Waals surface area (Å²) in [4.78, 5) is 24.6. The van der Waals surface area contributed by atoms with E-state index < -0.39 is 5.91 Å². The minimum absolute atomic E-state index is 0.0388. The predicted octanol–water partition coefficient (Wildman–Crippen LogP) is -0.195. The Labute approximate surface area is 130 Å². The molecule has 1 aromatic carbocycles. The number of carbonyl (C=O) groups excluding carboxylic acids is 2. The van der Waals surface area contributed by atoms with E-state index in [2.05, 4.69) is 5.32 Å². The Morgan fingerprint density at radius 2 is 1.77 bits per heavy atom. The summed E-state index contributed by atoms with van der Waals surface area (Å²) in [5, 5.41) is 2.88. The second-order valence-electron chi connectivity index (χ2n) is 5.98. The Kier molecular flexibility index (Phi) is 5.15. The normalized spacial score (nSPS) is 26.2. The van der Waals surface area contributed by atoms with Crippen LogP contribution < -0.4 is 16.0 Å². The van der Waals surface area contributed by atoms with Crippen molar-refractivity contribution in [1.29, 1.82) is 0 Å². The maximum absolute atomic E-state index is 12.4. The Hall–Kier alpha value is -1.92. The zero-order chi connectivity index (χ0) is 16.3. The number of nitrogens with one attached hydrogen (secondary N) is 2. The first kappa shape index (κ1) is 16.5. The van der Waals surface area contributed by atoms with Crippen molar-refractivity contribution in [2.75, 3.05) is 18.4 Å². The first-order valence-electron chi connectivity index (χ1n) is 7.57. The van der Waals surface area contributed by atoms with Crippen molar-refractivity contribution in [2.24, 2.45) is 5.73 Å². The number of ether oxygens (including phenoxy) is 1. The van der Waals surface area contributed by atoms with Crippen LogP contribution in [-0.2, 0) is 9.53 Å². The number of anilines is 1. The fraction of sp³-hybridized carbons (Fsp3) is 0.500. The van der Waals surface area contributed by atoms with Crippen molar-refractivity contribution < 1.29 is 19.2 Å². The number of quaternary nitrogens is 1. The van der Waals surface area contributed by atoms with Gasteiger partial charge in [0.25, 0.3) is 5.91 Å². The minimum Gasteiger partial charge on any atom is -0.366 e. The zero-order valence-corrected chi connectivity index (χ0v) is 13.3. The van der Waals surface area contributed by atoms with Crippen molar-refractivity contribution in [3.8, 4) is 0 Å². The standard InChI is InChI=1S/C16H23N3O3/c1-10-8-19(9-11(2)22-10)12(3)16(21)18-14-6-4-13(5-7-14)15(17)20/h4-7,10-12H,8-9H2,1-3H3,(H2,17,20)(H,18,21)/p+1/t10-,11-,12+/m1/s1. The lowest BCUT2D eigenvalue weighted by Gasteiger charge is -2.35. The molecular weight excluding hydrogens is 282 g/mol. The van der Waals surface area contributed by atoms with E-state index in [0.717, 1.165) is 13.1 Å². The molecule has 4 N–H and O–H groups in total. The molecule has 0 aliphatic carbocycles. The van der Waals surface area contributed by atoms with E-state index in [1.807, 2.05) is 20.8 Å². The Bertz CT molecular complexity index is 534. The summed E-state index contributed by atoms with van der Waals surface area (Å²) >= 11 is 0. The predicted molar refractivity (Wildman–Crippen MR) is 83.8 cm³/mol. The molecule has 2 amide bonds. The van der Waals surface area contributed by atoms with Crippen LogP contribution in [0.2, 0.25) is 0 Å². The summed E-state index contributed by atoms with van der Waals surface area (Å²) in [6.45, 7) is 7.62. The van der Waals surface area contributed by atoms with Crippen molar-refractivity contribution in [1.82, 2.24) is 0 Å². The van der Waals surface area contributed by atoms with Gasteiger partial charge in [0.2, 0.25) is 5.91 Å². The molecule has 22 heavy (non-hydrogen) atoms. The van der Waals surface area contributed by atoms with E-state index in [0.29, 0.717) is 11.3 Å². The van der Waals surface area contributed by atoms with Gasteiger partial charge in [-0.2, -0.15) is 0 Å². The molecule has 120 valence electrons. The molecule has 0 radical (unpaired) electrons. The SMILES string of the molecule is C[C@@H]1C[NH+]([C@@H](C)C(=O)Nc2ccc(C(N)=O)cc2)C[C@@H](C)O1. The van der Waals surface area contributed by atoms with Gasteiger partial charge in [-0.05, 0) is 45.0 Å². The first-order valence-corrected chi connectivity index (χ1v) is 7.57. The first-order chi connectivity index (χ1) is 10.4. The number of primary amides is 1. The van der Waals surface area contributed by atoms with Gasteiger partial charge in [-0.25, -0.2) is 0 Å². The average molecular weight is 306 g/mol. The van der Waals surface area contributed by atoms with Crippen LogP contribution in [0.1, 0.15) is 31.1 Å². The zero-order valence-electron chi connectivity index (χ0n) is 13.3. The third-order valence-corrected chi connectivity index (χ3v) is 4.01. The number of morpholine rings is 1. The highest BCUT2D eigenvalue weighted by Gasteiger charge is 2.32. The highest BCUT2D eigenvalue weighted by molar-refractivity contribution is 5.95. The molecule has 0 spiro atoms. The van der Waals surface area contributed by atoms with Gasteiger partial charge in [0.15, 0.2) is 6.04 Å². The highest BCUT2D eigenvalue weighted by Crippen LogP contribution is 2.09. The molecule has 0 unspecified atom stereocenters. The molecule has 1 aromatic rings. The third kappa shape index (κ3) is 4.05. The van der Waals surface area contributed by atoms with Crippen LogP contribution in [0.5, 0.6) is 0 Å². The number of carbonyl (C=O) groups is 2. The number of hydrogen-bond donors (Lipinski definition) is 3. The van der Waals surface area contributed by atoms with Gasteiger partial charge >= 0.3 is 0 Å². The van der Waals surface area contributed by atoms with Gasteiger partial charge in [-0.15, -0.1) is 0 Å². The summed E-state index contributed by atoms with van der Waals surface area (Å²) in [5.41, 5.74) is 6.28. The molecule has 6 heteroatoms. The fourth-order valence-corrected chi connectivity index (χ4v) is 2.82. The van der Waals surface area contributed by atoms with E-state index in [-0.39, 0.29) is 24.2 Å². The van der Waals surface area contributed by atoms with Crippen molar-refractivity contribution in [3.63, 3.8) is 0 Å². The highest BCUT2D eigenvalue weighted by atomic mass is 16.5. The molecule has 1 heterocycles. The molecule has 1 saturated heterocycles. The monoisotopic (exact) mass is 306 g/mol. The van der Waals surface area contributed by atoms with Crippen molar-refractivity contribution in [2.45, 2.75) is 39.0 Å². The molecule has 1 fully saturated rings. The third-order valence-electron chi connectivity index (χ3n) is 4.01. The summed E-state index contributed by atoms with van der Waals surface area (Å²) in [6, 6.07) is 6.42. The molecule has 1 aliphatic rings. The van der Waals surface area contributed by atoms with E-state index in [1.54, 1.807) is 24.3 Å². The molecule has 1 aliphatic heterocycles. The molecular formula is C16H24N3O3+. The summed E-state index contributed by atoms with van der Waals surface area (Å²) in [6.07, 6.45) is 0.313. The summed E-state index contributed by atoms with van der Waals surface area (Å²) in [5.74, 6) is -0.518. The smallest absolute Gasteiger partial charge is 0.282 e. The number of nitrogens with two attached hydrogens (primary N) is 1. The molecule has 6 nitrogen and oxygen atoms in total. The maximum Gasteiger partial charge on any atom is 0.282 e. The number of rotatable bonds is 4. The van der Waals surface area contributed by atoms with Crippen LogP contribution in [0.4, 0.5) is 5.69 Å². The van der Waals surface area contributed by atoms with Crippen molar-refractivity contribution >= 4 is 17.5 Å². The average Bonchev–Trinajstić information content (AvgIpc) is 2.46. The quantitative estimate of drug-likeness (QED) is 0.720. The van der Waals surface area contributed by atoms with Gasteiger partial charge in [0, 0.05) is 11.3 Å². The van der Waals surface area contributed by atoms with Crippen LogP contribution in [0.15, 0.2) is 24.3 Å². The number of amides is 2. The topological polar surface area (TPSA) is 85.9 Å². The van der Waals surface area contributed by atoms with Crippen LogP contribution in [0, 0.1) is 0 Å². The Morgan fingerprint density at radius 3 is 2.27 bits per heavy atom. The maximum atomic E-state index is 12.4. The van der Waals surface area contributed by atoms with Gasteiger partial charge in [-0.1, -0.05) is 0 Å². The second kappa shape index (κ2) is 6.89. The van der Waals surface area contributed by atoms with E-state index >= 15 is 0 Å². The lowest BCUT2D eigenvalue weighted by molar-refractivity contribution is -0.928. The van der Waals surface area contributed by atoms with E-state index in [4.69, 9.17) is 10.5 Å². The molecule has 0 bridgehead atoms. The van der Waals surface area contributed by atoms with Crippen LogP contribution in [0.25, 0.3) is 0 Å². The second-order valence-corrected chi connectivity index (χ2v) is 5.98. The molecule has 0 aromatic heterocycles. The Balaban J connectivity index is 1.97. The minimum atomic E-state index is -0.480. The van der Waals surface area contributed by atoms with E-state index in [1.165, 1.54) is 4.90 Å². The lowest BCUT2D eigenvalue weighted by atomic mass is 10.1. The number of hydrogen-bond acceptors (Lipinski definition) is 3. The molecule has 2 rings (SSSR count). The number of benzene rings is 1. The van der Waals surface area contributed by atoms with Crippen LogP contribution >= 0.6 is 0 Å². The fourth-order valence-electron chi connectivity index (χ4n) is 2.82. The van der Waals surface area contributed by atoms with Gasteiger partial charge in [-0.3, -0.25) is 9.59 Å². The van der Waals surface area contributed by atoms with Gasteiger partial charge < -0.3 is 20.7 Å². The van der Waals surface area contributed by atoms with Crippen LogP contribution in [-0.4, -0.2) is 43.2 Å². The lowest BCUT2D eigenvalue weighted by Crippen LogP contribution is -3.19. The molecule has 0 saturated carbocycles. The van der Waals surface area contributed by atoms with Gasteiger partial charge in [0.1, 0.15) is 25.3 Å². The molecule has 3 atom stereocenters. The van der Waals surface area contributed by atoms with Crippen molar-refractivity contribution in [3.05, 3.63) is 29.8 Å².